The number of fused-ring (bicyclic) bond motifs is 26. The van der Waals surface area contributed by atoms with Crippen molar-refractivity contribution in [2.24, 2.45) is 0 Å². The molecule has 26 rings (SSSR count). The van der Waals surface area contributed by atoms with Gasteiger partial charge in [0, 0.05) is 154 Å². The summed E-state index contributed by atoms with van der Waals surface area (Å²) in [6, 6.07) is 135. The molecule has 10 nitrogen and oxygen atoms in total. The van der Waals surface area contributed by atoms with Crippen LogP contribution in [0.5, 0.6) is 0 Å². The van der Waals surface area contributed by atoms with Crippen molar-refractivity contribution in [3.05, 3.63) is 409 Å². The van der Waals surface area contributed by atoms with Crippen molar-refractivity contribution >= 4 is 243 Å². The molecule has 0 amide bonds. The monoisotopic (exact) mass is 1820 g/mol. The van der Waals surface area contributed by atoms with Gasteiger partial charge in [0.25, 0.3) is 0 Å². The Hall–Kier alpha value is -16.6. The number of para-hydroxylation sites is 12. The van der Waals surface area contributed by atoms with Crippen LogP contribution in [0, 0.1) is 13.8 Å². The summed E-state index contributed by atoms with van der Waals surface area (Å²) >= 11 is 0. The van der Waals surface area contributed by atoms with Crippen LogP contribution in [0.15, 0.2) is 403 Å². The lowest BCUT2D eigenvalue weighted by atomic mass is 9.86. The zero-order chi connectivity index (χ0) is 95.3. The number of furan rings is 6. The van der Waals surface area contributed by atoms with Crippen LogP contribution in [0.2, 0.25) is 0 Å². The largest absolute Gasteiger partial charge is 0.455 e. The Morgan fingerprint density at radius 3 is 0.679 bits per heavy atom. The number of aryl methyl sites for hydroxylation is 2. The molecule has 0 aliphatic rings. The molecule has 0 atom stereocenters. The summed E-state index contributed by atoms with van der Waals surface area (Å²) in [5, 5.41) is 21.6. The van der Waals surface area contributed by atoms with E-state index in [1.54, 1.807) is 0 Å². The first-order valence-corrected chi connectivity index (χ1v) is 48.7. The Labute approximate surface area is 811 Å². The normalized spacial score (nSPS) is 12.5. The molecule has 0 radical (unpaired) electrons. The summed E-state index contributed by atoms with van der Waals surface area (Å²) in [6.07, 6.45) is 0. The van der Waals surface area contributed by atoms with E-state index < -0.39 is 0 Å². The molecule has 26 aromatic rings. The Morgan fingerprint density at radius 2 is 0.371 bits per heavy atom. The van der Waals surface area contributed by atoms with Gasteiger partial charge in [0.15, 0.2) is 22.3 Å². The number of nitrogens with zero attached hydrogens (tertiary/aromatic N) is 4. The van der Waals surface area contributed by atoms with Crippen LogP contribution in [0.25, 0.3) is 175 Å². The molecule has 680 valence electrons. The summed E-state index contributed by atoms with van der Waals surface area (Å²) in [7, 11) is 0. The molecule has 0 aliphatic carbocycles. The van der Waals surface area contributed by atoms with E-state index in [0.717, 1.165) is 254 Å². The third-order valence-electron chi connectivity index (χ3n) is 28.8. The van der Waals surface area contributed by atoms with Crippen LogP contribution in [0.1, 0.15) is 116 Å². The first-order chi connectivity index (χ1) is 67.9. The van der Waals surface area contributed by atoms with Crippen LogP contribution in [0.4, 0.5) is 68.2 Å². The Bertz CT molecular complexity index is 9560. The van der Waals surface area contributed by atoms with E-state index in [1.807, 2.05) is 0 Å². The smallest absolute Gasteiger partial charge is 0.159 e. The number of hydrogen-bond donors (Lipinski definition) is 0. The van der Waals surface area contributed by atoms with Crippen molar-refractivity contribution in [1.82, 2.24) is 0 Å². The summed E-state index contributed by atoms with van der Waals surface area (Å²) < 4.78 is 42.9. The molecule has 0 fully saturated rings. The van der Waals surface area contributed by atoms with E-state index in [-0.39, 0.29) is 21.7 Å². The number of benzene rings is 20. The average Bonchev–Trinajstić information content (AvgIpc) is 1.49. The van der Waals surface area contributed by atoms with Gasteiger partial charge in [-0.3, -0.25) is 0 Å². The van der Waals surface area contributed by atoms with E-state index in [1.165, 1.54) is 22.3 Å². The predicted molar refractivity (Wildman–Crippen MR) is 590 cm³/mol. The van der Waals surface area contributed by atoms with Gasteiger partial charge in [0.2, 0.25) is 0 Å². The van der Waals surface area contributed by atoms with Gasteiger partial charge in [-0.25, -0.2) is 0 Å². The van der Waals surface area contributed by atoms with Crippen LogP contribution in [-0.2, 0) is 21.7 Å². The van der Waals surface area contributed by atoms with Gasteiger partial charge < -0.3 is 46.1 Å². The predicted octanol–water partition coefficient (Wildman–Crippen LogP) is 39.1. The average molecular weight is 1820 g/mol. The number of hydrogen-bond acceptors (Lipinski definition) is 10. The summed E-state index contributed by atoms with van der Waals surface area (Å²) in [6.45, 7) is 31.4. The Morgan fingerprint density at radius 1 is 0.157 bits per heavy atom. The van der Waals surface area contributed by atoms with Crippen LogP contribution in [-0.4, -0.2) is 0 Å². The lowest BCUT2D eigenvalue weighted by Gasteiger charge is -2.28. The van der Waals surface area contributed by atoms with Crippen molar-refractivity contribution in [2.45, 2.75) is 119 Å². The van der Waals surface area contributed by atoms with Crippen molar-refractivity contribution in [3.63, 3.8) is 0 Å². The third-order valence-corrected chi connectivity index (χ3v) is 28.8. The maximum atomic E-state index is 7.29. The van der Waals surface area contributed by atoms with Crippen molar-refractivity contribution in [3.8, 4) is 0 Å². The quantitative estimate of drug-likeness (QED) is 0.118. The van der Waals surface area contributed by atoms with Crippen molar-refractivity contribution in [1.29, 1.82) is 0 Å². The first kappa shape index (κ1) is 85.1. The highest BCUT2D eigenvalue weighted by atomic mass is 16.4. The second-order valence-corrected chi connectivity index (χ2v) is 41.8. The highest BCUT2D eigenvalue weighted by Crippen LogP contribution is 2.57. The number of anilines is 12. The summed E-state index contributed by atoms with van der Waals surface area (Å²) in [5.74, 6) is 0. The lowest BCUT2D eigenvalue weighted by molar-refractivity contribution is 0.572. The highest BCUT2D eigenvalue weighted by Gasteiger charge is 2.35. The molecule has 0 bridgehead atoms. The maximum Gasteiger partial charge on any atom is 0.159 e. The minimum absolute atomic E-state index is 0.103. The van der Waals surface area contributed by atoms with Gasteiger partial charge in [0.05, 0.1) is 45.5 Å². The molecular weight excluding hydrogens is 1710 g/mol. The zero-order valence-corrected chi connectivity index (χ0v) is 81.0. The maximum absolute atomic E-state index is 7.29. The molecule has 10 heteroatoms. The van der Waals surface area contributed by atoms with E-state index in [4.69, 9.17) is 26.5 Å². The van der Waals surface area contributed by atoms with Gasteiger partial charge in [0.1, 0.15) is 44.7 Å². The van der Waals surface area contributed by atoms with Crippen LogP contribution in [0.3, 0.4) is 0 Å². The zero-order valence-electron chi connectivity index (χ0n) is 81.0. The van der Waals surface area contributed by atoms with E-state index in [0.29, 0.717) is 0 Å². The highest BCUT2D eigenvalue weighted by molar-refractivity contribution is 6.31. The fourth-order valence-electron chi connectivity index (χ4n) is 22.3. The minimum Gasteiger partial charge on any atom is -0.455 e. The van der Waals surface area contributed by atoms with E-state index in [9.17, 15) is 0 Å². The Balaban J connectivity index is 0.000000148. The first-order valence-electron chi connectivity index (χ1n) is 48.7. The van der Waals surface area contributed by atoms with Crippen molar-refractivity contribution < 1.29 is 26.5 Å². The fraction of sp³-hybridized carbons (Fsp3) is 0.138. The molecule has 0 unspecified atom stereocenters. The van der Waals surface area contributed by atoms with E-state index in [2.05, 4.69) is 493 Å². The topological polar surface area (TPSA) is 91.8 Å². The van der Waals surface area contributed by atoms with Gasteiger partial charge in [-0.05, 0) is 130 Å². The molecule has 0 spiro atoms. The molecule has 0 saturated carbocycles. The molecule has 6 heterocycles. The van der Waals surface area contributed by atoms with Gasteiger partial charge in [-0.1, -0.05) is 374 Å². The standard InChI is InChI=1S/C66H54N2O3.C64H50N2O3/c1-39-21-9-15-33-52(39)67(54-35-19-29-47-45-27-17-31-50(65(3,4)5)61(45)70-63(47)54)56-37-49-59-43-25-13-11-23-41(43)57(38-58(59)69-60(49)44-26-14-12-24-42(44)56)68(53-34-16-10-22-40(53)2)55-36-20-30-48-46-28-18-32-51(66(6,7)8)62(46)71-64(48)55;1-63(2,3)50-33-17-29-45-47-31-19-35-52(61(47)68-59(45)50)65(39-21-9-7-10-22-39)54-37-49-57-43-27-15-13-25-41(43)55(38-56(57)67-58(49)44-28-16-14-26-42(44)54)66(40-23-11-8-12-24-40)53-36-20-32-48-46-30-18-34-51(64(4,5)6)60(46)69-62(48)53/h9-38H,1-8H3;7-38H,1-6H3. The van der Waals surface area contributed by atoms with Crippen LogP contribution >= 0.6 is 0 Å². The number of rotatable bonds is 12. The third kappa shape index (κ3) is 13.5. The second kappa shape index (κ2) is 32.0. The summed E-state index contributed by atoms with van der Waals surface area (Å²) in [4.78, 5) is 9.51. The Kier molecular flexibility index (Phi) is 19.5. The van der Waals surface area contributed by atoms with Gasteiger partial charge >= 0.3 is 0 Å². The van der Waals surface area contributed by atoms with Crippen LogP contribution < -0.4 is 19.6 Å². The molecule has 0 saturated heterocycles. The van der Waals surface area contributed by atoms with Crippen molar-refractivity contribution in [2.75, 3.05) is 19.6 Å². The SMILES string of the molecule is CC(C)(C)c1cccc2c1oc1c(N(c3ccccc3)c3cc4c(oc5cc(N(c6ccccc6)c6cccc7c6oc6c(C(C)(C)C)cccc67)c6ccccc6c54)c4ccccc34)cccc12.Cc1ccccc1N(c1cc2c(oc3cc(N(c4ccccc4C)c4cccc5c4oc4c(C(C)(C)C)cccc45)c4ccccc4c32)c2ccccc12)c1cccc2c1oc1c(C(C)(C)C)cccc12. The van der Waals surface area contributed by atoms with Gasteiger partial charge in [-0.2, -0.15) is 0 Å². The summed E-state index contributed by atoms with van der Waals surface area (Å²) in [5.41, 5.74) is 29.1. The van der Waals surface area contributed by atoms with Gasteiger partial charge in [-0.15, -0.1) is 0 Å². The molecule has 20 aromatic carbocycles. The second-order valence-electron chi connectivity index (χ2n) is 41.8. The molecule has 0 aliphatic heterocycles. The molecule has 140 heavy (non-hydrogen) atoms. The lowest BCUT2D eigenvalue weighted by Crippen LogP contribution is -2.12. The molecule has 6 aromatic heterocycles. The molecular formula is C130H104N4O6. The molecule has 0 N–H and O–H groups in total. The van der Waals surface area contributed by atoms with E-state index >= 15 is 0 Å². The minimum atomic E-state index is -0.108. The fourth-order valence-corrected chi connectivity index (χ4v) is 22.3.